The summed E-state index contributed by atoms with van der Waals surface area (Å²) in [5, 5.41) is 0. The van der Waals surface area contributed by atoms with Gasteiger partial charge in [-0.05, 0) is 30.9 Å². The van der Waals surface area contributed by atoms with Crippen LogP contribution in [0.4, 0.5) is 13.2 Å². The Morgan fingerprint density at radius 3 is 2.57 bits per heavy atom. The Kier molecular flexibility index (Phi) is 4.41. The summed E-state index contributed by atoms with van der Waals surface area (Å²) >= 11 is 0. The number of unbranched alkanes of at least 4 members (excludes halogenated alkanes) is 1. The van der Waals surface area contributed by atoms with E-state index in [1.807, 2.05) is 6.92 Å². The monoisotopic (exact) mass is 319 g/mol. The summed E-state index contributed by atoms with van der Waals surface area (Å²) in [5.41, 5.74) is -4.04. The van der Waals surface area contributed by atoms with Crippen LogP contribution in [0.3, 0.4) is 0 Å². The molecule has 21 heavy (non-hydrogen) atoms. The zero-order valence-electron chi connectivity index (χ0n) is 11.6. The molecule has 0 radical (unpaired) electrons. The minimum absolute atomic E-state index is 0.158. The molecular formula is C14H16F3NO2S. The second-order valence-electron chi connectivity index (χ2n) is 4.92. The minimum Gasteiger partial charge on any atom is -0.289 e. The van der Waals surface area contributed by atoms with E-state index in [0.29, 0.717) is 30.7 Å². The molecule has 0 unspecified atom stereocenters. The summed E-state index contributed by atoms with van der Waals surface area (Å²) in [6.07, 6.45) is 2.77. The molecule has 0 aromatic heterocycles. The van der Waals surface area contributed by atoms with Crippen LogP contribution in [0.25, 0.3) is 0 Å². The zero-order valence-corrected chi connectivity index (χ0v) is 12.4. The Morgan fingerprint density at radius 2 is 1.95 bits per heavy atom. The smallest absolute Gasteiger partial charge is 0.289 e. The van der Waals surface area contributed by atoms with E-state index in [9.17, 15) is 21.6 Å². The summed E-state index contributed by atoms with van der Waals surface area (Å²) < 4.78 is 61.8. The number of rotatable bonds is 4. The van der Waals surface area contributed by atoms with Crippen molar-refractivity contribution >= 4 is 15.5 Å². The van der Waals surface area contributed by atoms with Gasteiger partial charge in [-0.2, -0.15) is 13.2 Å². The van der Waals surface area contributed by atoms with Crippen LogP contribution in [0, 0.1) is 0 Å². The number of alkyl halides is 3. The number of aryl methyl sites for hydroxylation is 1. The van der Waals surface area contributed by atoms with E-state index < -0.39 is 20.2 Å². The van der Waals surface area contributed by atoms with Crippen molar-refractivity contribution in [1.29, 1.82) is 0 Å². The average molecular weight is 319 g/mol. The van der Waals surface area contributed by atoms with E-state index in [0.717, 1.165) is 18.9 Å². The van der Waals surface area contributed by atoms with Crippen molar-refractivity contribution in [3.05, 3.63) is 29.3 Å². The minimum atomic E-state index is -5.35. The lowest BCUT2D eigenvalue weighted by molar-refractivity contribution is -0.0436. The molecule has 1 aliphatic carbocycles. The Balaban J connectivity index is 2.53. The number of fused-ring (bicyclic) bond motifs is 1. The Labute approximate surface area is 121 Å². The van der Waals surface area contributed by atoms with E-state index in [4.69, 9.17) is 0 Å². The number of hydrogen-bond donors (Lipinski definition) is 0. The lowest BCUT2D eigenvalue weighted by Crippen LogP contribution is -2.25. The average Bonchev–Trinajstić information content (AvgIpc) is 2.81. The summed E-state index contributed by atoms with van der Waals surface area (Å²) in [6, 6.07) is 4.03. The van der Waals surface area contributed by atoms with Crippen LogP contribution in [0.5, 0.6) is 0 Å². The largest absolute Gasteiger partial charge is 0.501 e. The van der Waals surface area contributed by atoms with Gasteiger partial charge in [-0.1, -0.05) is 25.5 Å². The van der Waals surface area contributed by atoms with Gasteiger partial charge in [0, 0.05) is 17.8 Å². The second kappa shape index (κ2) is 5.79. The summed E-state index contributed by atoms with van der Waals surface area (Å²) in [6.45, 7) is 2.49. The highest BCUT2D eigenvalue weighted by Crippen LogP contribution is 2.36. The van der Waals surface area contributed by atoms with Gasteiger partial charge in [0.1, 0.15) is 0 Å². The van der Waals surface area contributed by atoms with Crippen LogP contribution >= 0.6 is 0 Å². The third kappa shape index (κ3) is 2.97. The first kappa shape index (κ1) is 16.0. The zero-order chi connectivity index (χ0) is 15.7. The van der Waals surface area contributed by atoms with Crippen molar-refractivity contribution in [3.63, 3.8) is 0 Å². The first-order valence-corrected chi connectivity index (χ1v) is 8.24. The molecule has 0 N–H and O–H groups in total. The highest BCUT2D eigenvalue weighted by molar-refractivity contribution is 7.92. The predicted molar refractivity (Wildman–Crippen MR) is 74.3 cm³/mol. The third-order valence-corrected chi connectivity index (χ3v) is 4.97. The molecule has 3 nitrogen and oxygen atoms in total. The molecule has 0 heterocycles. The molecule has 0 saturated carbocycles. The van der Waals surface area contributed by atoms with E-state index in [1.165, 1.54) is 6.07 Å². The topological polar surface area (TPSA) is 46.5 Å². The molecule has 0 spiro atoms. The number of halogens is 3. The molecule has 0 saturated heterocycles. The molecule has 0 bridgehead atoms. The molecule has 0 atom stereocenters. The van der Waals surface area contributed by atoms with E-state index in [2.05, 4.69) is 4.99 Å². The number of nitrogens with zero attached hydrogens (tertiary/aromatic N) is 1. The summed E-state index contributed by atoms with van der Waals surface area (Å²) in [4.78, 5) is 3.63. The maximum Gasteiger partial charge on any atom is 0.501 e. The lowest BCUT2D eigenvalue weighted by Gasteiger charge is -2.12. The Hall–Kier alpha value is -1.37. The fraction of sp³-hybridized carbons (Fsp3) is 0.500. The second-order valence-corrected chi connectivity index (χ2v) is 6.83. The van der Waals surface area contributed by atoms with Crippen molar-refractivity contribution in [3.8, 4) is 0 Å². The molecule has 1 aromatic rings. The van der Waals surface area contributed by atoms with Crippen molar-refractivity contribution < 1.29 is 21.6 Å². The van der Waals surface area contributed by atoms with Gasteiger partial charge in [-0.3, -0.25) is 4.99 Å². The number of sulfone groups is 1. The van der Waals surface area contributed by atoms with Crippen molar-refractivity contribution in [2.24, 2.45) is 4.99 Å². The molecule has 7 heteroatoms. The van der Waals surface area contributed by atoms with Gasteiger partial charge >= 0.3 is 5.51 Å². The highest BCUT2D eigenvalue weighted by Gasteiger charge is 2.48. The standard InChI is InChI=1S/C14H16F3NO2S/c1-2-3-9-18-11-8-7-10-5-4-6-12(13(10)11)21(19,20)14(15,16)17/h4-6H,2-3,7-9H2,1H3. The lowest BCUT2D eigenvalue weighted by atomic mass is 10.1. The molecule has 0 amide bonds. The quantitative estimate of drug-likeness (QED) is 0.797. The Bertz CT molecular complexity index is 663. The Morgan fingerprint density at radius 1 is 1.24 bits per heavy atom. The fourth-order valence-corrected chi connectivity index (χ4v) is 3.39. The van der Waals surface area contributed by atoms with Gasteiger partial charge in [0.2, 0.25) is 0 Å². The van der Waals surface area contributed by atoms with Gasteiger partial charge < -0.3 is 0 Å². The molecular weight excluding hydrogens is 303 g/mol. The van der Waals surface area contributed by atoms with Crippen LogP contribution in [0.15, 0.2) is 28.1 Å². The fourth-order valence-electron chi connectivity index (χ4n) is 2.37. The van der Waals surface area contributed by atoms with Gasteiger partial charge in [-0.15, -0.1) is 0 Å². The molecule has 116 valence electrons. The van der Waals surface area contributed by atoms with Crippen molar-refractivity contribution in [2.75, 3.05) is 6.54 Å². The molecule has 0 fully saturated rings. The maximum absolute atomic E-state index is 12.8. The van der Waals surface area contributed by atoms with E-state index >= 15 is 0 Å². The van der Waals surface area contributed by atoms with E-state index in [-0.39, 0.29) is 5.56 Å². The molecule has 2 rings (SSSR count). The molecule has 0 aliphatic heterocycles. The number of aliphatic imine (C=N–C) groups is 1. The van der Waals surface area contributed by atoms with E-state index in [1.54, 1.807) is 6.07 Å². The highest BCUT2D eigenvalue weighted by atomic mass is 32.2. The molecule has 1 aromatic carbocycles. The number of hydrogen-bond acceptors (Lipinski definition) is 3. The van der Waals surface area contributed by atoms with Crippen molar-refractivity contribution in [2.45, 2.75) is 43.0 Å². The first-order chi connectivity index (χ1) is 9.79. The maximum atomic E-state index is 12.8. The first-order valence-electron chi connectivity index (χ1n) is 6.76. The SMILES string of the molecule is CCCCN=C1CCc2cccc(S(=O)(=O)C(F)(F)F)c21. The van der Waals surface area contributed by atoms with Gasteiger partial charge in [0.05, 0.1) is 4.90 Å². The normalized spacial score (nSPS) is 17.2. The third-order valence-electron chi connectivity index (χ3n) is 3.44. The van der Waals surface area contributed by atoms with Gasteiger partial charge in [0.25, 0.3) is 9.84 Å². The summed E-state index contributed by atoms with van der Waals surface area (Å²) in [7, 11) is -5.35. The van der Waals surface area contributed by atoms with Crippen LogP contribution < -0.4 is 0 Å². The van der Waals surface area contributed by atoms with Gasteiger partial charge in [0.15, 0.2) is 0 Å². The van der Waals surface area contributed by atoms with Crippen LogP contribution in [-0.4, -0.2) is 26.2 Å². The van der Waals surface area contributed by atoms with Crippen LogP contribution in [-0.2, 0) is 16.3 Å². The van der Waals surface area contributed by atoms with Crippen LogP contribution in [0.1, 0.15) is 37.3 Å². The van der Waals surface area contributed by atoms with Crippen LogP contribution in [0.2, 0.25) is 0 Å². The predicted octanol–water partition coefficient (Wildman–Crippen LogP) is 3.52. The molecule has 1 aliphatic rings. The van der Waals surface area contributed by atoms with Crippen molar-refractivity contribution in [1.82, 2.24) is 0 Å². The number of benzene rings is 1. The summed E-state index contributed by atoms with van der Waals surface area (Å²) in [5.74, 6) is 0. The van der Waals surface area contributed by atoms with Gasteiger partial charge in [-0.25, -0.2) is 8.42 Å².